The number of benzene rings is 1. The van der Waals surface area contributed by atoms with Crippen molar-refractivity contribution in [3.8, 4) is 0 Å². The Kier molecular flexibility index (Phi) is 5.20. The first-order valence-corrected chi connectivity index (χ1v) is 7.85. The fourth-order valence-corrected chi connectivity index (χ4v) is 2.82. The Morgan fingerprint density at radius 1 is 1.38 bits per heavy atom. The SMILES string of the molecule is Cc1ccc(C(F)(F)F)cc1C(=O)NCC1CC(=O)N(C(C)C)C1. The van der Waals surface area contributed by atoms with Gasteiger partial charge in [-0.1, -0.05) is 6.07 Å². The number of nitrogens with one attached hydrogen (secondary N) is 1. The number of nitrogens with zero attached hydrogens (tertiary/aromatic N) is 1. The number of likely N-dealkylation sites (tertiary alicyclic amines) is 1. The average molecular weight is 342 g/mol. The highest BCUT2D eigenvalue weighted by atomic mass is 19.4. The second-order valence-corrected chi connectivity index (χ2v) is 6.45. The minimum Gasteiger partial charge on any atom is -0.352 e. The van der Waals surface area contributed by atoms with Gasteiger partial charge in [0, 0.05) is 37.0 Å². The molecule has 0 spiro atoms. The fourth-order valence-electron chi connectivity index (χ4n) is 2.82. The number of hydrogen-bond donors (Lipinski definition) is 1. The topological polar surface area (TPSA) is 49.4 Å². The van der Waals surface area contributed by atoms with E-state index in [0.717, 1.165) is 12.1 Å². The molecule has 0 bridgehead atoms. The molecule has 1 aromatic rings. The van der Waals surface area contributed by atoms with E-state index in [0.29, 0.717) is 18.5 Å². The van der Waals surface area contributed by atoms with Gasteiger partial charge in [-0.3, -0.25) is 9.59 Å². The second kappa shape index (κ2) is 6.83. The Hall–Kier alpha value is -2.05. The monoisotopic (exact) mass is 342 g/mol. The van der Waals surface area contributed by atoms with Crippen LogP contribution in [0.3, 0.4) is 0 Å². The molecule has 1 aromatic carbocycles. The van der Waals surface area contributed by atoms with Crippen LogP contribution in [-0.4, -0.2) is 35.8 Å². The maximum absolute atomic E-state index is 12.8. The number of aryl methyl sites for hydroxylation is 1. The van der Waals surface area contributed by atoms with Gasteiger partial charge in [0.25, 0.3) is 5.91 Å². The van der Waals surface area contributed by atoms with Gasteiger partial charge in [-0.05, 0) is 38.5 Å². The van der Waals surface area contributed by atoms with Crippen LogP contribution in [0.1, 0.15) is 41.8 Å². The molecule has 0 radical (unpaired) electrons. The Balaban J connectivity index is 2.02. The van der Waals surface area contributed by atoms with Crippen molar-refractivity contribution >= 4 is 11.8 Å². The van der Waals surface area contributed by atoms with E-state index in [4.69, 9.17) is 0 Å². The smallest absolute Gasteiger partial charge is 0.352 e. The first kappa shape index (κ1) is 18.3. The van der Waals surface area contributed by atoms with Gasteiger partial charge < -0.3 is 10.2 Å². The fraction of sp³-hybridized carbons (Fsp3) is 0.529. The summed E-state index contributed by atoms with van der Waals surface area (Å²) in [6, 6.07) is 3.22. The molecule has 1 aliphatic rings. The summed E-state index contributed by atoms with van der Waals surface area (Å²) in [4.78, 5) is 25.8. The molecule has 1 saturated heterocycles. The van der Waals surface area contributed by atoms with Crippen molar-refractivity contribution < 1.29 is 22.8 Å². The van der Waals surface area contributed by atoms with E-state index in [2.05, 4.69) is 5.32 Å². The molecule has 1 heterocycles. The number of alkyl halides is 3. The predicted octanol–water partition coefficient (Wildman–Crippen LogP) is 3.00. The third-order valence-electron chi connectivity index (χ3n) is 4.22. The number of amides is 2. The van der Waals surface area contributed by atoms with Gasteiger partial charge in [0.05, 0.1) is 5.56 Å². The molecule has 0 saturated carbocycles. The number of carbonyl (C=O) groups excluding carboxylic acids is 2. The zero-order chi connectivity index (χ0) is 18.1. The quantitative estimate of drug-likeness (QED) is 0.914. The maximum Gasteiger partial charge on any atom is 0.416 e. The molecule has 1 aliphatic heterocycles. The third-order valence-corrected chi connectivity index (χ3v) is 4.22. The lowest BCUT2D eigenvalue weighted by atomic mass is 10.0. The number of halogens is 3. The van der Waals surface area contributed by atoms with Crippen LogP contribution >= 0.6 is 0 Å². The van der Waals surface area contributed by atoms with Crippen LogP contribution in [0.5, 0.6) is 0 Å². The second-order valence-electron chi connectivity index (χ2n) is 6.45. The lowest BCUT2D eigenvalue weighted by Gasteiger charge is -2.21. The Morgan fingerprint density at radius 3 is 2.58 bits per heavy atom. The van der Waals surface area contributed by atoms with Crippen molar-refractivity contribution in [2.45, 2.75) is 39.4 Å². The molecular weight excluding hydrogens is 321 g/mol. The molecule has 2 rings (SSSR count). The highest BCUT2D eigenvalue weighted by Gasteiger charge is 2.33. The third kappa shape index (κ3) is 4.07. The van der Waals surface area contributed by atoms with Gasteiger partial charge in [-0.25, -0.2) is 0 Å². The molecular formula is C17H21F3N2O2. The predicted molar refractivity (Wildman–Crippen MR) is 83.5 cm³/mol. The Bertz CT molecular complexity index is 641. The van der Waals surface area contributed by atoms with Gasteiger partial charge in [-0.15, -0.1) is 0 Å². The van der Waals surface area contributed by atoms with Crippen molar-refractivity contribution in [2.75, 3.05) is 13.1 Å². The van der Waals surface area contributed by atoms with Crippen molar-refractivity contribution in [2.24, 2.45) is 5.92 Å². The largest absolute Gasteiger partial charge is 0.416 e. The summed E-state index contributed by atoms with van der Waals surface area (Å²) in [6.07, 6.45) is -4.14. The molecule has 2 amide bonds. The zero-order valence-electron chi connectivity index (χ0n) is 13.9. The van der Waals surface area contributed by atoms with Crippen molar-refractivity contribution in [3.05, 3.63) is 34.9 Å². The molecule has 1 fully saturated rings. The first-order chi connectivity index (χ1) is 11.1. The summed E-state index contributed by atoms with van der Waals surface area (Å²) in [5, 5.41) is 2.66. The van der Waals surface area contributed by atoms with E-state index in [1.807, 2.05) is 13.8 Å². The summed E-state index contributed by atoms with van der Waals surface area (Å²) in [5.41, 5.74) is -0.359. The van der Waals surface area contributed by atoms with Gasteiger partial charge in [0.15, 0.2) is 0 Å². The molecule has 24 heavy (non-hydrogen) atoms. The lowest BCUT2D eigenvalue weighted by molar-refractivity contribution is -0.137. The Labute approximate surface area is 139 Å². The van der Waals surface area contributed by atoms with E-state index < -0.39 is 17.6 Å². The van der Waals surface area contributed by atoms with E-state index in [1.54, 1.807) is 11.8 Å². The highest BCUT2D eigenvalue weighted by molar-refractivity contribution is 5.95. The summed E-state index contributed by atoms with van der Waals surface area (Å²) in [7, 11) is 0. The molecule has 132 valence electrons. The maximum atomic E-state index is 12.8. The molecule has 1 N–H and O–H groups in total. The summed E-state index contributed by atoms with van der Waals surface area (Å²) >= 11 is 0. The summed E-state index contributed by atoms with van der Waals surface area (Å²) < 4.78 is 38.3. The summed E-state index contributed by atoms with van der Waals surface area (Å²) in [6.45, 7) is 6.26. The van der Waals surface area contributed by atoms with Crippen molar-refractivity contribution in [1.82, 2.24) is 10.2 Å². The van der Waals surface area contributed by atoms with Crippen molar-refractivity contribution in [1.29, 1.82) is 0 Å². The van der Waals surface area contributed by atoms with Gasteiger partial charge in [0.2, 0.25) is 5.91 Å². The van der Waals surface area contributed by atoms with Crippen LogP contribution in [0.25, 0.3) is 0 Å². The highest BCUT2D eigenvalue weighted by Crippen LogP contribution is 2.30. The average Bonchev–Trinajstić information content (AvgIpc) is 2.85. The van der Waals surface area contributed by atoms with Gasteiger partial charge >= 0.3 is 6.18 Å². The molecule has 1 unspecified atom stereocenters. The first-order valence-electron chi connectivity index (χ1n) is 7.85. The van der Waals surface area contributed by atoms with E-state index in [9.17, 15) is 22.8 Å². The summed E-state index contributed by atoms with van der Waals surface area (Å²) in [5.74, 6) is -0.525. The minimum absolute atomic E-state index is 0.00913. The number of carbonyl (C=O) groups is 2. The lowest BCUT2D eigenvalue weighted by Crippen LogP contribution is -2.34. The molecule has 1 atom stereocenters. The zero-order valence-corrected chi connectivity index (χ0v) is 13.9. The molecule has 7 heteroatoms. The normalized spacial score (nSPS) is 18.4. The molecule has 4 nitrogen and oxygen atoms in total. The van der Waals surface area contributed by atoms with E-state index >= 15 is 0 Å². The van der Waals surface area contributed by atoms with E-state index in [1.165, 1.54) is 6.07 Å². The minimum atomic E-state index is -4.49. The van der Waals surface area contributed by atoms with Crippen LogP contribution < -0.4 is 5.32 Å². The van der Waals surface area contributed by atoms with Crippen LogP contribution in [-0.2, 0) is 11.0 Å². The standard InChI is InChI=1S/C17H21F3N2O2/c1-10(2)22-9-12(6-15(22)23)8-21-16(24)14-7-13(17(18,19)20)5-4-11(14)3/h4-5,7,10,12H,6,8-9H2,1-3H3,(H,21,24). The van der Waals surface area contributed by atoms with Crippen LogP contribution in [0.4, 0.5) is 13.2 Å². The van der Waals surface area contributed by atoms with Crippen molar-refractivity contribution in [3.63, 3.8) is 0 Å². The molecule has 0 aromatic heterocycles. The number of hydrogen-bond acceptors (Lipinski definition) is 2. The van der Waals surface area contributed by atoms with Crippen LogP contribution in [0.2, 0.25) is 0 Å². The molecule has 0 aliphatic carbocycles. The van der Waals surface area contributed by atoms with Gasteiger partial charge in [0.1, 0.15) is 0 Å². The van der Waals surface area contributed by atoms with E-state index in [-0.39, 0.29) is 30.0 Å². The van der Waals surface area contributed by atoms with Gasteiger partial charge in [-0.2, -0.15) is 13.2 Å². The number of rotatable bonds is 4. The van der Waals surface area contributed by atoms with Crippen LogP contribution in [0, 0.1) is 12.8 Å². The van der Waals surface area contributed by atoms with Crippen LogP contribution in [0.15, 0.2) is 18.2 Å². The Morgan fingerprint density at radius 2 is 2.04 bits per heavy atom.